The van der Waals surface area contributed by atoms with E-state index in [0.717, 1.165) is 25.0 Å². The first kappa shape index (κ1) is 14.4. The molecule has 1 aliphatic carbocycles. The molecule has 0 saturated heterocycles. The highest BCUT2D eigenvalue weighted by molar-refractivity contribution is 5.30. The van der Waals surface area contributed by atoms with Crippen LogP contribution in [0.25, 0.3) is 0 Å². The van der Waals surface area contributed by atoms with Crippen molar-refractivity contribution in [2.45, 2.75) is 64.6 Å². The number of rotatable bonds is 4. The second-order valence-corrected chi connectivity index (χ2v) is 6.04. The molecule has 3 atom stereocenters. The van der Waals surface area contributed by atoms with Gasteiger partial charge in [0.2, 0.25) is 0 Å². The molecule has 19 heavy (non-hydrogen) atoms. The lowest BCUT2D eigenvalue weighted by Gasteiger charge is -2.33. The molecule has 1 saturated carbocycles. The Morgan fingerprint density at radius 1 is 1.32 bits per heavy atom. The Kier molecular flexibility index (Phi) is 4.87. The molecule has 0 radical (unpaired) electrons. The van der Waals surface area contributed by atoms with Crippen molar-refractivity contribution < 1.29 is 9.84 Å². The van der Waals surface area contributed by atoms with E-state index in [4.69, 9.17) is 4.74 Å². The lowest BCUT2D eigenvalue weighted by atomic mass is 9.84. The van der Waals surface area contributed by atoms with Crippen molar-refractivity contribution in [3.8, 4) is 5.75 Å². The van der Waals surface area contributed by atoms with E-state index >= 15 is 0 Å². The molecule has 1 aromatic rings. The van der Waals surface area contributed by atoms with E-state index in [9.17, 15) is 5.11 Å². The number of aliphatic hydroxyl groups is 1. The van der Waals surface area contributed by atoms with Gasteiger partial charge in [-0.2, -0.15) is 0 Å². The molecular formula is C17H26O2. The SMILES string of the molecule is CCC1CCC(O)C(Oc2cccc(C(C)C)c2)C1. The second-order valence-electron chi connectivity index (χ2n) is 6.04. The first-order chi connectivity index (χ1) is 9.10. The molecule has 0 aromatic heterocycles. The van der Waals surface area contributed by atoms with Crippen LogP contribution >= 0.6 is 0 Å². The van der Waals surface area contributed by atoms with Crippen LogP contribution in [0.15, 0.2) is 24.3 Å². The summed E-state index contributed by atoms with van der Waals surface area (Å²) in [5, 5.41) is 10.1. The molecule has 1 N–H and O–H groups in total. The summed E-state index contributed by atoms with van der Waals surface area (Å²) < 4.78 is 6.04. The largest absolute Gasteiger partial charge is 0.488 e. The van der Waals surface area contributed by atoms with Gasteiger partial charge in [-0.3, -0.25) is 0 Å². The van der Waals surface area contributed by atoms with Crippen LogP contribution in [0.5, 0.6) is 5.75 Å². The van der Waals surface area contributed by atoms with Gasteiger partial charge >= 0.3 is 0 Å². The fourth-order valence-electron chi connectivity index (χ4n) is 2.82. The summed E-state index contributed by atoms with van der Waals surface area (Å²) in [6, 6.07) is 8.27. The van der Waals surface area contributed by atoms with Crippen molar-refractivity contribution in [3.63, 3.8) is 0 Å². The van der Waals surface area contributed by atoms with Crippen LogP contribution < -0.4 is 4.74 Å². The molecule has 2 heteroatoms. The average molecular weight is 262 g/mol. The molecule has 2 nitrogen and oxygen atoms in total. The summed E-state index contributed by atoms with van der Waals surface area (Å²) in [6.45, 7) is 6.59. The Morgan fingerprint density at radius 3 is 2.79 bits per heavy atom. The zero-order chi connectivity index (χ0) is 13.8. The number of aliphatic hydroxyl groups excluding tert-OH is 1. The summed E-state index contributed by atoms with van der Waals surface area (Å²) in [6.07, 6.45) is 3.80. The molecule has 0 heterocycles. The van der Waals surface area contributed by atoms with Crippen molar-refractivity contribution in [2.24, 2.45) is 5.92 Å². The molecule has 0 spiro atoms. The lowest BCUT2D eigenvalue weighted by molar-refractivity contribution is -0.0109. The van der Waals surface area contributed by atoms with Crippen LogP contribution in [-0.4, -0.2) is 17.3 Å². The molecule has 2 rings (SSSR count). The van der Waals surface area contributed by atoms with Gasteiger partial charge in [0, 0.05) is 0 Å². The van der Waals surface area contributed by atoms with Crippen LogP contribution in [0.2, 0.25) is 0 Å². The van der Waals surface area contributed by atoms with E-state index < -0.39 is 0 Å². The Labute approximate surface area is 116 Å². The zero-order valence-electron chi connectivity index (χ0n) is 12.3. The van der Waals surface area contributed by atoms with E-state index in [1.54, 1.807) is 0 Å². The van der Waals surface area contributed by atoms with E-state index in [1.807, 2.05) is 12.1 Å². The first-order valence-electron chi connectivity index (χ1n) is 7.54. The first-order valence-corrected chi connectivity index (χ1v) is 7.54. The molecular weight excluding hydrogens is 236 g/mol. The summed E-state index contributed by atoms with van der Waals surface area (Å²) in [5.74, 6) is 2.09. The molecule has 0 amide bonds. The third kappa shape index (κ3) is 3.73. The van der Waals surface area contributed by atoms with Crippen LogP contribution in [0.3, 0.4) is 0 Å². The summed E-state index contributed by atoms with van der Waals surface area (Å²) >= 11 is 0. The number of hydrogen-bond donors (Lipinski definition) is 1. The topological polar surface area (TPSA) is 29.5 Å². The maximum atomic E-state index is 10.1. The molecule has 106 valence electrons. The Balaban J connectivity index is 2.04. The predicted octanol–water partition coefficient (Wildman–Crippen LogP) is 4.13. The van der Waals surface area contributed by atoms with Gasteiger partial charge in [-0.25, -0.2) is 0 Å². The summed E-state index contributed by atoms with van der Waals surface area (Å²) in [7, 11) is 0. The van der Waals surface area contributed by atoms with Crippen LogP contribution in [-0.2, 0) is 0 Å². The van der Waals surface area contributed by atoms with Gasteiger partial charge in [0.15, 0.2) is 0 Å². The van der Waals surface area contributed by atoms with Crippen molar-refractivity contribution in [1.29, 1.82) is 0 Å². The highest BCUT2D eigenvalue weighted by Crippen LogP contribution is 2.30. The Hall–Kier alpha value is -1.02. The van der Waals surface area contributed by atoms with Crippen LogP contribution in [0.1, 0.15) is 57.9 Å². The minimum atomic E-state index is -0.314. The van der Waals surface area contributed by atoms with Gasteiger partial charge in [0.1, 0.15) is 11.9 Å². The molecule has 1 aliphatic rings. The van der Waals surface area contributed by atoms with E-state index in [2.05, 4.69) is 32.9 Å². The monoisotopic (exact) mass is 262 g/mol. The molecule has 0 aliphatic heterocycles. The standard InChI is InChI=1S/C17H26O2/c1-4-13-8-9-16(18)17(10-13)19-15-7-5-6-14(11-15)12(2)3/h5-7,11-13,16-18H,4,8-10H2,1-3H3. The van der Waals surface area contributed by atoms with E-state index in [1.165, 1.54) is 12.0 Å². The maximum Gasteiger partial charge on any atom is 0.125 e. The van der Waals surface area contributed by atoms with Crippen molar-refractivity contribution in [3.05, 3.63) is 29.8 Å². The van der Waals surface area contributed by atoms with E-state index in [0.29, 0.717) is 11.8 Å². The molecule has 3 unspecified atom stereocenters. The fourth-order valence-corrected chi connectivity index (χ4v) is 2.82. The third-order valence-corrected chi connectivity index (χ3v) is 4.26. The minimum absolute atomic E-state index is 0.0406. The molecule has 1 aromatic carbocycles. The van der Waals surface area contributed by atoms with E-state index in [-0.39, 0.29) is 12.2 Å². The summed E-state index contributed by atoms with van der Waals surface area (Å²) in [4.78, 5) is 0. The quantitative estimate of drug-likeness (QED) is 0.884. The normalized spacial score (nSPS) is 27.5. The van der Waals surface area contributed by atoms with Gasteiger partial charge in [-0.15, -0.1) is 0 Å². The number of ether oxygens (including phenoxy) is 1. The highest BCUT2D eigenvalue weighted by Gasteiger charge is 2.29. The maximum absolute atomic E-state index is 10.1. The van der Waals surface area contributed by atoms with Crippen LogP contribution in [0.4, 0.5) is 0 Å². The fraction of sp³-hybridized carbons (Fsp3) is 0.647. The van der Waals surface area contributed by atoms with Gasteiger partial charge < -0.3 is 9.84 Å². The van der Waals surface area contributed by atoms with Gasteiger partial charge in [-0.1, -0.05) is 39.3 Å². The molecule has 0 bridgehead atoms. The third-order valence-electron chi connectivity index (χ3n) is 4.26. The Morgan fingerprint density at radius 2 is 2.11 bits per heavy atom. The Bertz CT molecular complexity index is 400. The average Bonchev–Trinajstić information content (AvgIpc) is 2.41. The van der Waals surface area contributed by atoms with Crippen molar-refractivity contribution in [1.82, 2.24) is 0 Å². The number of hydrogen-bond acceptors (Lipinski definition) is 2. The smallest absolute Gasteiger partial charge is 0.125 e. The van der Waals surface area contributed by atoms with Gasteiger partial charge in [-0.05, 0) is 48.8 Å². The van der Waals surface area contributed by atoms with Crippen LogP contribution in [0, 0.1) is 5.92 Å². The molecule has 1 fully saturated rings. The summed E-state index contributed by atoms with van der Waals surface area (Å²) in [5.41, 5.74) is 1.29. The van der Waals surface area contributed by atoms with Crippen molar-refractivity contribution in [2.75, 3.05) is 0 Å². The second kappa shape index (κ2) is 6.42. The zero-order valence-corrected chi connectivity index (χ0v) is 12.3. The lowest BCUT2D eigenvalue weighted by Crippen LogP contribution is -2.38. The van der Waals surface area contributed by atoms with Crippen molar-refractivity contribution >= 4 is 0 Å². The number of benzene rings is 1. The minimum Gasteiger partial charge on any atom is -0.488 e. The van der Waals surface area contributed by atoms with Gasteiger partial charge in [0.05, 0.1) is 6.10 Å². The predicted molar refractivity (Wildman–Crippen MR) is 78.6 cm³/mol. The van der Waals surface area contributed by atoms with Gasteiger partial charge in [0.25, 0.3) is 0 Å². The highest BCUT2D eigenvalue weighted by atomic mass is 16.5.